The lowest BCUT2D eigenvalue weighted by Crippen LogP contribution is -2.15. The Balaban J connectivity index is 2.11. The number of aromatic nitrogens is 1. The van der Waals surface area contributed by atoms with E-state index >= 15 is 0 Å². The first-order valence-corrected chi connectivity index (χ1v) is 6.95. The highest BCUT2D eigenvalue weighted by Gasteiger charge is 2.16. The van der Waals surface area contributed by atoms with Crippen molar-refractivity contribution in [2.45, 2.75) is 26.3 Å². The van der Waals surface area contributed by atoms with Crippen LogP contribution in [0.1, 0.15) is 18.9 Å². The summed E-state index contributed by atoms with van der Waals surface area (Å²) in [5.74, 6) is 1.72. The van der Waals surface area contributed by atoms with Crippen molar-refractivity contribution in [3.05, 3.63) is 23.9 Å². The van der Waals surface area contributed by atoms with Crippen molar-refractivity contribution < 1.29 is 9.47 Å². The van der Waals surface area contributed by atoms with Gasteiger partial charge >= 0.3 is 0 Å². The fourth-order valence-corrected chi connectivity index (χ4v) is 2.65. The van der Waals surface area contributed by atoms with Crippen LogP contribution in [0.3, 0.4) is 0 Å². The van der Waals surface area contributed by atoms with Gasteiger partial charge in [-0.15, -0.1) is 0 Å². The van der Waals surface area contributed by atoms with Gasteiger partial charge in [-0.3, -0.25) is 0 Å². The molecule has 0 fully saturated rings. The normalized spacial score (nSPS) is 14.0. The van der Waals surface area contributed by atoms with E-state index in [9.17, 15) is 0 Å². The second-order valence-electron chi connectivity index (χ2n) is 4.85. The van der Waals surface area contributed by atoms with Gasteiger partial charge in [0.1, 0.15) is 13.2 Å². The molecule has 4 nitrogen and oxygen atoms in total. The molecule has 0 atom stereocenters. The standard InChI is InChI=1S/C15H20N2O2/c1-2-17-10-11(4-3-5-16)12-8-14-15(9-13(12)17)19-7-6-18-14/h8-10H,2-7,16H2,1H3. The number of hydrogen-bond acceptors (Lipinski definition) is 3. The van der Waals surface area contributed by atoms with E-state index in [0.717, 1.165) is 37.4 Å². The summed E-state index contributed by atoms with van der Waals surface area (Å²) < 4.78 is 13.6. The molecule has 1 aromatic heterocycles. The third-order valence-corrected chi connectivity index (χ3v) is 3.62. The van der Waals surface area contributed by atoms with Gasteiger partial charge in [0.05, 0.1) is 5.52 Å². The first-order valence-electron chi connectivity index (χ1n) is 6.95. The zero-order chi connectivity index (χ0) is 13.2. The molecule has 1 aliphatic rings. The number of nitrogens with two attached hydrogens (primary N) is 1. The highest BCUT2D eigenvalue weighted by atomic mass is 16.6. The largest absolute Gasteiger partial charge is 0.486 e. The Labute approximate surface area is 113 Å². The molecule has 2 aromatic rings. The lowest BCUT2D eigenvalue weighted by molar-refractivity contribution is 0.172. The van der Waals surface area contributed by atoms with E-state index in [-0.39, 0.29) is 0 Å². The average Bonchev–Trinajstić information content (AvgIpc) is 2.80. The molecule has 0 radical (unpaired) electrons. The Morgan fingerprint density at radius 3 is 2.63 bits per heavy atom. The van der Waals surface area contributed by atoms with Crippen LogP contribution in [0.2, 0.25) is 0 Å². The molecule has 1 aromatic carbocycles. The molecule has 0 aliphatic carbocycles. The SMILES string of the molecule is CCn1cc(CCCN)c2cc3c(cc21)OCCO3. The minimum atomic E-state index is 0.630. The van der Waals surface area contributed by atoms with E-state index in [1.807, 2.05) is 0 Å². The molecular weight excluding hydrogens is 240 g/mol. The predicted octanol–water partition coefficient (Wildman–Crippen LogP) is 2.32. The molecule has 0 amide bonds. The van der Waals surface area contributed by atoms with E-state index in [4.69, 9.17) is 15.2 Å². The Morgan fingerprint density at radius 2 is 1.95 bits per heavy atom. The third kappa shape index (κ3) is 2.16. The number of benzene rings is 1. The average molecular weight is 260 g/mol. The second kappa shape index (κ2) is 5.13. The lowest BCUT2D eigenvalue weighted by Gasteiger charge is -2.18. The fourth-order valence-electron chi connectivity index (χ4n) is 2.65. The van der Waals surface area contributed by atoms with Gasteiger partial charge in [-0.05, 0) is 37.9 Å². The van der Waals surface area contributed by atoms with Gasteiger partial charge in [0.25, 0.3) is 0 Å². The Hall–Kier alpha value is -1.68. The minimum absolute atomic E-state index is 0.630. The van der Waals surface area contributed by atoms with Crippen LogP contribution in [0.25, 0.3) is 10.9 Å². The van der Waals surface area contributed by atoms with Crippen molar-refractivity contribution in [2.75, 3.05) is 19.8 Å². The maximum absolute atomic E-state index is 5.67. The summed E-state index contributed by atoms with van der Waals surface area (Å²) in [6, 6.07) is 4.21. The van der Waals surface area contributed by atoms with E-state index in [1.165, 1.54) is 16.5 Å². The monoisotopic (exact) mass is 260 g/mol. The molecule has 3 rings (SSSR count). The van der Waals surface area contributed by atoms with Crippen LogP contribution in [0.4, 0.5) is 0 Å². The Bertz CT molecular complexity index is 589. The van der Waals surface area contributed by atoms with Gasteiger partial charge in [0, 0.05) is 24.2 Å². The summed E-state index contributed by atoms with van der Waals surface area (Å²) in [5, 5.41) is 1.26. The summed E-state index contributed by atoms with van der Waals surface area (Å²) in [6.45, 7) is 5.10. The quantitative estimate of drug-likeness (QED) is 0.917. The summed E-state index contributed by atoms with van der Waals surface area (Å²) in [7, 11) is 0. The highest BCUT2D eigenvalue weighted by molar-refractivity contribution is 5.87. The minimum Gasteiger partial charge on any atom is -0.486 e. The van der Waals surface area contributed by atoms with Crippen LogP contribution in [-0.2, 0) is 13.0 Å². The molecule has 2 N–H and O–H groups in total. The van der Waals surface area contributed by atoms with E-state index in [1.54, 1.807) is 0 Å². The van der Waals surface area contributed by atoms with E-state index in [2.05, 4.69) is 29.8 Å². The summed E-state index contributed by atoms with van der Waals surface area (Å²) in [5.41, 5.74) is 8.19. The second-order valence-corrected chi connectivity index (χ2v) is 4.85. The van der Waals surface area contributed by atoms with Gasteiger partial charge in [-0.1, -0.05) is 0 Å². The third-order valence-electron chi connectivity index (χ3n) is 3.62. The maximum Gasteiger partial charge on any atom is 0.163 e. The number of aryl methyl sites for hydroxylation is 2. The number of nitrogens with zero attached hydrogens (tertiary/aromatic N) is 1. The molecule has 0 saturated carbocycles. The van der Waals surface area contributed by atoms with Gasteiger partial charge in [0.15, 0.2) is 11.5 Å². The van der Waals surface area contributed by atoms with Crippen molar-refractivity contribution in [1.29, 1.82) is 0 Å². The molecule has 19 heavy (non-hydrogen) atoms. The molecule has 0 spiro atoms. The van der Waals surface area contributed by atoms with Crippen LogP contribution < -0.4 is 15.2 Å². The number of rotatable bonds is 4. The smallest absolute Gasteiger partial charge is 0.163 e. The molecule has 102 valence electrons. The Morgan fingerprint density at radius 1 is 1.21 bits per heavy atom. The van der Waals surface area contributed by atoms with Crippen molar-refractivity contribution in [2.24, 2.45) is 5.73 Å². The number of fused-ring (bicyclic) bond motifs is 2. The van der Waals surface area contributed by atoms with Crippen LogP contribution in [-0.4, -0.2) is 24.3 Å². The van der Waals surface area contributed by atoms with Crippen molar-refractivity contribution in [1.82, 2.24) is 4.57 Å². The first kappa shape index (κ1) is 12.4. The fraction of sp³-hybridized carbons (Fsp3) is 0.467. The lowest BCUT2D eigenvalue weighted by atomic mass is 10.1. The van der Waals surface area contributed by atoms with Gasteiger partial charge < -0.3 is 19.8 Å². The summed E-state index contributed by atoms with van der Waals surface area (Å²) in [6.07, 6.45) is 4.25. The zero-order valence-corrected chi connectivity index (χ0v) is 11.3. The molecule has 2 heterocycles. The van der Waals surface area contributed by atoms with Crippen LogP contribution in [0.5, 0.6) is 11.5 Å². The topological polar surface area (TPSA) is 49.4 Å². The van der Waals surface area contributed by atoms with Crippen LogP contribution in [0, 0.1) is 0 Å². The van der Waals surface area contributed by atoms with Crippen molar-refractivity contribution in [3.63, 3.8) is 0 Å². The Kier molecular flexibility index (Phi) is 3.34. The van der Waals surface area contributed by atoms with Crippen molar-refractivity contribution >= 4 is 10.9 Å². The van der Waals surface area contributed by atoms with Gasteiger partial charge in [-0.2, -0.15) is 0 Å². The molecule has 0 bridgehead atoms. The number of ether oxygens (including phenoxy) is 2. The van der Waals surface area contributed by atoms with Gasteiger partial charge in [-0.25, -0.2) is 0 Å². The molecular formula is C15H20N2O2. The van der Waals surface area contributed by atoms with Crippen LogP contribution in [0.15, 0.2) is 18.3 Å². The molecule has 0 saturated heterocycles. The van der Waals surface area contributed by atoms with Crippen LogP contribution >= 0.6 is 0 Å². The first-order chi connectivity index (χ1) is 9.33. The molecule has 1 aliphatic heterocycles. The number of hydrogen-bond donors (Lipinski definition) is 1. The van der Waals surface area contributed by atoms with E-state index in [0.29, 0.717) is 13.2 Å². The summed E-state index contributed by atoms with van der Waals surface area (Å²) in [4.78, 5) is 0. The van der Waals surface area contributed by atoms with Gasteiger partial charge in [0.2, 0.25) is 0 Å². The van der Waals surface area contributed by atoms with Crippen molar-refractivity contribution in [3.8, 4) is 11.5 Å². The molecule has 0 unspecified atom stereocenters. The maximum atomic E-state index is 5.67. The van der Waals surface area contributed by atoms with E-state index < -0.39 is 0 Å². The zero-order valence-electron chi connectivity index (χ0n) is 11.3. The highest BCUT2D eigenvalue weighted by Crippen LogP contribution is 2.36. The predicted molar refractivity (Wildman–Crippen MR) is 76.0 cm³/mol. The molecule has 4 heteroatoms. The summed E-state index contributed by atoms with van der Waals surface area (Å²) >= 11 is 0.